The molecule has 1 aromatic heterocycles. The maximum atomic E-state index is 12.5. The average molecular weight is 377 g/mol. The fraction of sp³-hybridized carbons (Fsp3) is 0.471. The van der Waals surface area contributed by atoms with Gasteiger partial charge in [-0.2, -0.15) is 0 Å². The van der Waals surface area contributed by atoms with E-state index < -0.39 is 28.1 Å². The number of carbonyl (C=O) groups is 2. The van der Waals surface area contributed by atoms with Crippen molar-refractivity contribution in [2.45, 2.75) is 44.7 Å². The summed E-state index contributed by atoms with van der Waals surface area (Å²) in [6.07, 6.45) is 2.53. The Labute approximate surface area is 153 Å². The van der Waals surface area contributed by atoms with E-state index in [1.165, 1.54) is 12.1 Å². The number of hydrogen-bond acceptors (Lipinski definition) is 7. The lowest BCUT2D eigenvalue weighted by atomic mass is 9.97. The number of nitrogens with zero attached hydrogens (tertiary/aromatic N) is 2. The van der Waals surface area contributed by atoms with Crippen LogP contribution in [0.4, 0.5) is 5.69 Å². The second-order valence-corrected chi connectivity index (χ2v) is 6.42. The molecule has 1 heterocycles. The zero-order valence-corrected chi connectivity index (χ0v) is 14.7. The Bertz CT molecular complexity index is 953. The van der Waals surface area contributed by atoms with E-state index in [9.17, 15) is 24.5 Å². The fourth-order valence-corrected chi connectivity index (χ4v) is 3.40. The minimum atomic E-state index is -1.07. The number of hydrogen-bond donors (Lipinski definition) is 1. The Morgan fingerprint density at radius 2 is 2.07 bits per heavy atom. The van der Waals surface area contributed by atoms with Crippen molar-refractivity contribution < 1.29 is 23.7 Å². The van der Waals surface area contributed by atoms with Crippen LogP contribution in [-0.4, -0.2) is 33.5 Å². The van der Waals surface area contributed by atoms with Gasteiger partial charge in [-0.05, 0) is 25.8 Å². The van der Waals surface area contributed by atoms with E-state index >= 15 is 0 Å². The molecule has 2 aromatic rings. The summed E-state index contributed by atoms with van der Waals surface area (Å²) in [4.78, 5) is 47.1. The fourth-order valence-electron chi connectivity index (χ4n) is 3.40. The summed E-state index contributed by atoms with van der Waals surface area (Å²) in [7, 11) is 0. The number of aromatic nitrogens is 1. The zero-order chi connectivity index (χ0) is 19.6. The van der Waals surface area contributed by atoms with Crippen LogP contribution in [0, 0.1) is 10.1 Å². The number of nitrogens with one attached hydrogen (secondary N) is 1. The number of esters is 1. The molecule has 3 rings (SSSR count). The monoisotopic (exact) mass is 377 g/mol. The van der Waals surface area contributed by atoms with Gasteiger partial charge in [0.25, 0.3) is 5.69 Å². The number of non-ortho nitro benzene ring substituents is 1. The molecule has 1 aliphatic carbocycles. The summed E-state index contributed by atoms with van der Waals surface area (Å²) in [5.41, 5.74) is -1.02. The van der Waals surface area contributed by atoms with Crippen LogP contribution >= 0.6 is 0 Å². The highest BCUT2D eigenvalue weighted by Crippen LogP contribution is 2.31. The predicted octanol–water partition coefficient (Wildman–Crippen LogP) is 1.49. The van der Waals surface area contributed by atoms with Gasteiger partial charge in [-0.1, -0.05) is 12.8 Å². The van der Waals surface area contributed by atoms with Crippen molar-refractivity contribution in [3.8, 4) is 0 Å². The summed E-state index contributed by atoms with van der Waals surface area (Å²) >= 11 is 0. The summed E-state index contributed by atoms with van der Waals surface area (Å²) in [6, 6.07) is 3.70. The van der Waals surface area contributed by atoms with E-state index in [1.807, 2.05) is 0 Å². The average Bonchev–Trinajstić information content (AvgIpc) is 3.20. The van der Waals surface area contributed by atoms with Gasteiger partial charge in [-0.3, -0.25) is 19.5 Å². The maximum Gasteiger partial charge on any atom is 0.420 e. The number of benzene rings is 1. The first-order chi connectivity index (χ1) is 12.9. The van der Waals surface area contributed by atoms with E-state index in [-0.39, 0.29) is 29.9 Å². The lowest BCUT2D eigenvalue weighted by Gasteiger charge is -2.27. The molecule has 1 amide bonds. The molecule has 1 N–H and O–H groups in total. The molecule has 1 aromatic carbocycles. The molecule has 10 nitrogen and oxygen atoms in total. The minimum Gasteiger partial charge on any atom is -0.464 e. The van der Waals surface area contributed by atoms with Crippen molar-refractivity contribution in [1.82, 2.24) is 9.88 Å². The molecule has 0 spiro atoms. The quantitative estimate of drug-likeness (QED) is 0.458. The molecule has 0 aliphatic heterocycles. The molecule has 1 aliphatic rings. The second kappa shape index (κ2) is 7.22. The van der Waals surface area contributed by atoms with Gasteiger partial charge >= 0.3 is 11.7 Å². The van der Waals surface area contributed by atoms with Crippen LogP contribution in [0.3, 0.4) is 0 Å². The molecule has 0 unspecified atom stereocenters. The molecule has 0 bridgehead atoms. The van der Waals surface area contributed by atoms with Gasteiger partial charge in [-0.25, -0.2) is 9.59 Å². The zero-order valence-electron chi connectivity index (χ0n) is 14.7. The molecular weight excluding hydrogens is 358 g/mol. The standard InChI is InChI=1S/C17H19N3O7/c1-2-26-15(22)17(7-3-4-8-17)18-14(21)10-19-12-6-5-11(20(24)25)9-13(12)27-16(19)23/h5-6,9H,2-4,7-8,10H2,1H3,(H,18,21). The normalized spacial score (nSPS) is 15.6. The molecule has 0 radical (unpaired) electrons. The van der Waals surface area contributed by atoms with Gasteiger partial charge in [0, 0.05) is 6.07 Å². The second-order valence-electron chi connectivity index (χ2n) is 6.42. The number of ether oxygens (including phenoxy) is 1. The van der Waals surface area contributed by atoms with Gasteiger partial charge in [0.05, 0.1) is 23.1 Å². The first-order valence-electron chi connectivity index (χ1n) is 8.62. The minimum absolute atomic E-state index is 0.0166. The molecule has 10 heteroatoms. The van der Waals surface area contributed by atoms with E-state index in [1.54, 1.807) is 6.92 Å². The number of rotatable bonds is 6. The number of nitro groups is 1. The number of nitro benzene ring substituents is 1. The van der Waals surface area contributed by atoms with Crippen molar-refractivity contribution in [1.29, 1.82) is 0 Å². The topological polar surface area (TPSA) is 134 Å². The van der Waals surface area contributed by atoms with Crippen molar-refractivity contribution in [2.24, 2.45) is 0 Å². The molecule has 144 valence electrons. The van der Waals surface area contributed by atoms with Gasteiger partial charge in [-0.15, -0.1) is 0 Å². The summed E-state index contributed by atoms with van der Waals surface area (Å²) < 4.78 is 11.2. The van der Waals surface area contributed by atoms with Gasteiger partial charge < -0.3 is 14.5 Å². The molecule has 0 atom stereocenters. The molecule has 27 heavy (non-hydrogen) atoms. The third-order valence-electron chi connectivity index (χ3n) is 4.67. The van der Waals surface area contributed by atoms with Crippen LogP contribution < -0.4 is 11.1 Å². The third kappa shape index (κ3) is 3.55. The lowest BCUT2D eigenvalue weighted by Crippen LogP contribution is -2.54. The number of carbonyl (C=O) groups excluding carboxylic acids is 2. The van der Waals surface area contributed by atoms with Crippen LogP contribution in [0.5, 0.6) is 0 Å². The van der Waals surface area contributed by atoms with E-state index in [2.05, 4.69) is 5.32 Å². The number of amides is 1. The Hall–Kier alpha value is -3.17. The Morgan fingerprint density at radius 1 is 1.37 bits per heavy atom. The summed E-state index contributed by atoms with van der Waals surface area (Å²) in [5, 5.41) is 13.5. The highest BCUT2D eigenvalue weighted by molar-refractivity contribution is 5.89. The van der Waals surface area contributed by atoms with E-state index in [0.29, 0.717) is 12.8 Å². The van der Waals surface area contributed by atoms with Crippen LogP contribution in [-0.2, 0) is 20.9 Å². The van der Waals surface area contributed by atoms with Crippen molar-refractivity contribution >= 4 is 28.7 Å². The van der Waals surface area contributed by atoms with Crippen LogP contribution in [0.15, 0.2) is 27.4 Å². The molecule has 1 saturated carbocycles. The number of fused-ring (bicyclic) bond motifs is 1. The van der Waals surface area contributed by atoms with Crippen molar-refractivity contribution in [3.05, 3.63) is 38.9 Å². The first kappa shape index (κ1) is 18.6. The summed E-state index contributed by atoms with van der Waals surface area (Å²) in [6.45, 7) is 1.53. The molecular formula is C17H19N3O7. The Kier molecular flexibility index (Phi) is 4.98. The van der Waals surface area contributed by atoms with E-state index in [4.69, 9.17) is 9.15 Å². The highest BCUT2D eigenvalue weighted by Gasteiger charge is 2.43. The number of oxazole rings is 1. The van der Waals surface area contributed by atoms with Crippen molar-refractivity contribution in [2.75, 3.05) is 6.61 Å². The third-order valence-corrected chi connectivity index (χ3v) is 4.67. The van der Waals surface area contributed by atoms with Gasteiger partial charge in [0.15, 0.2) is 5.58 Å². The molecule has 1 fully saturated rings. The highest BCUT2D eigenvalue weighted by atomic mass is 16.6. The largest absolute Gasteiger partial charge is 0.464 e. The summed E-state index contributed by atoms with van der Waals surface area (Å²) in [5.74, 6) is -1.82. The van der Waals surface area contributed by atoms with Gasteiger partial charge in [0.1, 0.15) is 12.1 Å². The SMILES string of the molecule is CCOC(=O)C1(NC(=O)Cn2c(=O)oc3cc([N+](=O)[O-])ccc32)CCCC1. The van der Waals surface area contributed by atoms with Crippen molar-refractivity contribution in [3.63, 3.8) is 0 Å². The van der Waals surface area contributed by atoms with Crippen LogP contribution in [0.25, 0.3) is 11.1 Å². The maximum absolute atomic E-state index is 12.5. The molecule has 0 saturated heterocycles. The first-order valence-corrected chi connectivity index (χ1v) is 8.62. The van der Waals surface area contributed by atoms with Crippen LogP contribution in [0.2, 0.25) is 0 Å². The predicted molar refractivity (Wildman–Crippen MR) is 93.1 cm³/mol. The Balaban J connectivity index is 1.83. The smallest absolute Gasteiger partial charge is 0.420 e. The van der Waals surface area contributed by atoms with Gasteiger partial charge in [0.2, 0.25) is 5.91 Å². The van der Waals surface area contributed by atoms with E-state index in [0.717, 1.165) is 23.5 Å². The van der Waals surface area contributed by atoms with Crippen LogP contribution in [0.1, 0.15) is 32.6 Å². The Morgan fingerprint density at radius 3 is 2.70 bits per heavy atom. The lowest BCUT2D eigenvalue weighted by molar-refractivity contribution is -0.384.